The van der Waals surface area contributed by atoms with Gasteiger partial charge in [0.05, 0.1) is 0 Å². The zero-order valence-corrected chi connectivity index (χ0v) is 12.2. The average molecular weight is 258 g/mol. The first-order valence-corrected chi connectivity index (χ1v) is 6.78. The van der Waals surface area contributed by atoms with E-state index in [0.717, 1.165) is 30.1 Å². The SMILES string of the molecule is Cc1ccc(-c2ocnc2CNCC(C)C)cc1C. The molecule has 1 aromatic heterocycles. The van der Waals surface area contributed by atoms with Gasteiger partial charge in [0.15, 0.2) is 12.2 Å². The van der Waals surface area contributed by atoms with E-state index >= 15 is 0 Å². The maximum Gasteiger partial charge on any atom is 0.181 e. The molecule has 3 heteroatoms. The van der Waals surface area contributed by atoms with E-state index in [1.54, 1.807) is 0 Å². The van der Waals surface area contributed by atoms with Gasteiger partial charge in [-0.1, -0.05) is 26.0 Å². The van der Waals surface area contributed by atoms with Crippen molar-refractivity contribution in [2.75, 3.05) is 6.54 Å². The van der Waals surface area contributed by atoms with Crippen molar-refractivity contribution in [2.45, 2.75) is 34.2 Å². The molecule has 0 fully saturated rings. The summed E-state index contributed by atoms with van der Waals surface area (Å²) < 4.78 is 5.55. The molecule has 102 valence electrons. The lowest BCUT2D eigenvalue weighted by Gasteiger charge is -2.07. The molecule has 1 N–H and O–H groups in total. The fourth-order valence-electron chi connectivity index (χ4n) is 1.99. The minimum Gasteiger partial charge on any atom is -0.443 e. The average Bonchev–Trinajstić information content (AvgIpc) is 2.80. The van der Waals surface area contributed by atoms with Crippen LogP contribution in [0.1, 0.15) is 30.7 Å². The summed E-state index contributed by atoms with van der Waals surface area (Å²) in [6.07, 6.45) is 1.52. The molecular weight excluding hydrogens is 236 g/mol. The van der Waals surface area contributed by atoms with E-state index in [1.165, 1.54) is 17.5 Å². The largest absolute Gasteiger partial charge is 0.443 e. The fourth-order valence-corrected chi connectivity index (χ4v) is 1.99. The molecule has 19 heavy (non-hydrogen) atoms. The molecule has 0 aliphatic rings. The summed E-state index contributed by atoms with van der Waals surface area (Å²) in [6, 6.07) is 6.37. The molecule has 0 unspecified atom stereocenters. The lowest BCUT2D eigenvalue weighted by Crippen LogP contribution is -2.19. The Morgan fingerprint density at radius 1 is 1.21 bits per heavy atom. The third-order valence-corrected chi connectivity index (χ3v) is 3.26. The molecule has 0 saturated carbocycles. The summed E-state index contributed by atoms with van der Waals surface area (Å²) in [7, 11) is 0. The summed E-state index contributed by atoms with van der Waals surface area (Å²) in [6.45, 7) is 10.4. The van der Waals surface area contributed by atoms with Crippen molar-refractivity contribution in [2.24, 2.45) is 5.92 Å². The van der Waals surface area contributed by atoms with Crippen LogP contribution in [0.2, 0.25) is 0 Å². The van der Waals surface area contributed by atoms with Crippen molar-refractivity contribution in [1.29, 1.82) is 0 Å². The zero-order valence-electron chi connectivity index (χ0n) is 12.2. The van der Waals surface area contributed by atoms with E-state index in [9.17, 15) is 0 Å². The Hall–Kier alpha value is -1.61. The second-order valence-electron chi connectivity index (χ2n) is 5.45. The van der Waals surface area contributed by atoms with Gasteiger partial charge in [0.25, 0.3) is 0 Å². The van der Waals surface area contributed by atoms with E-state index in [0.29, 0.717) is 5.92 Å². The summed E-state index contributed by atoms with van der Waals surface area (Å²) >= 11 is 0. The lowest BCUT2D eigenvalue weighted by molar-refractivity contribution is 0.545. The van der Waals surface area contributed by atoms with Crippen LogP contribution in [0.25, 0.3) is 11.3 Å². The van der Waals surface area contributed by atoms with Gasteiger partial charge in [0.2, 0.25) is 0 Å². The van der Waals surface area contributed by atoms with Crippen molar-refractivity contribution < 1.29 is 4.42 Å². The van der Waals surface area contributed by atoms with Gasteiger partial charge in [-0.2, -0.15) is 0 Å². The molecule has 1 aromatic carbocycles. The van der Waals surface area contributed by atoms with E-state index in [-0.39, 0.29) is 0 Å². The highest BCUT2D eigenvalue weighted by Crippen LogP contribution is 2.25. The molecule has 0 radical (unpaired) electrons. The van der Waals surface area contributed by atoms with Gasteiger partial charge in [0.1, 0.15) is 5.69 Å². The Labute approximate surface area is 115 Å². The second kappa shape index (κ2) is 6.02. The first-order chi connectivity index (χ1) is 9.08. The smallest absolute Gasteiger partial charge is 0.181 e. The second-order valence-corrected chi connectivity index (χ2v) is 5.45. The predicted octanol–water partition coefficient (Wildman–Crippen LogP) is 3.70. The number of aryl methyl sites for hydroxylation is 2. The Morgan fingerprint density at radius 3 is 2.68 bits per heavy atom. The summed E-state index contributed by atoms with van der Waals surface area (Å²) in [5.41, 5.74) is 4.64. The van der Waals surface area contributed by atoms with E-state index < -0.39 is 0 Å². The van der Waals surface area contributed by atoms with Crippen molar-refractivity contribution in [1.82, 2.24) is 10.3 Å². The zero-order chi connectivity index (χ0) is 13.8. The van der Waals surface area contributed by atoms with Gasteiger partial charge in [-0.25, -0.2) is 4.98 Å². The van der Waals surface area contributed by atoms with Crippen molar-refractivity contribution >= 4 is 0 Å². The minimum atomic E-state index is 0.636. The summed E-state index contributed by atoms with van der Waals surface area (Å²) in [5.74, 6) is 1.51. The molecule has 0 amide bonds. The Balaban J connectivity index is 2.16. The Kier molecular flexibility index (Phi) is 4.38. The molecule has 3 nitrogen and oxygen atoms in total. The van der Waals surface area contributed by atoms with Gasteiger partial charge in [-0.05, 0) is 43.5 Å². The third kappa shape index (κ3) is 3.44. The monoisotopic (exact) mass is 258 g/mol. The number of hydrogen-bond donors (Lipinski definition) is 1. The predicted molar refractivity (Wildman–Crippen MR) is 78.0 cm³/mol. The van der Waals surface area contributed by atoms with E-state index in [4.69, 9.17) is 4.42 Å². The summed E-state index contributed by atoms with van der Waals surface area (Å²) in [4.78, 5) is 4.31. The number of nitrogens with one attached hydrogen (secondary N) is 1. The molecule has 1 heterocycles. The Bertz CT molecular complexity index is 543. The van der Waals surface area contributed by atoms with Crippen LogP contribution in [0.4, 0.5) is 0 Å². The summed E-state index contributed by atoms with van der Waals surface area (Å²) in [5, 5.41) is 3.40. The van der Waals surface area contributed by atoms with Crippen LogP contribution in [0.15, 0.2) is 29.0 Å². The fraction of sp³-hybridized carbons (Fsp3) is 0.438. The minimum absolute atomic E-state index is 0.636. The molecular formula is C16H22N2O. The number of nitrogens with zero attached hydrogens (tertiary/aromatic N) is 1. The quantitative estimate of drug-likeness (QED) is 0.888. The first-order valence-electron chi connectivity index (χ1n) is 6.78. The number of rotatable bonds is 5. The van der Waals surface area contributed by atoms with Crippen LogP contribution < -0.4 is 5.32 Å². The first kappa shape index (κ1) is 13.8. The van der Waals surface area contributed by atoms with Gasteiger partial charge < -0.3 is 9.73 Å². The van der Waals surface area contributed by atoms with Crippen LogP contribution in [-0.4, -0.2) is 11.5 Å². The van der Waals surface area contributed by atoms with E-state index in [1.807, 2.05) is 0 Å². The molecule has 2 aromatic rings. The van der Waals surface area contributed by atoms with Crippen LogP contribution in [0.5, 0.6) is 0 Å². The highest BCUT2D eigenvalue weighted by atomic mass is 16.3. The lowest BCUT2D eigenvalue weighted by atomic mass is 10.0. The number of hydrogen-bond acceptors (Lipinski definition) is 3. The van der Waals surface area contributed by atoms with Crippen LogP contribution >= 0.6 is 0 Å². The third-order valence-electron chi connectivity index (χ3n) is 3.26. The molecule has 0 spiro atoms. The molecule has 0 saturated heterocycles. The number of oxazole rings is 1. The molecule has 0 aliphatic carbocycles. The van der Waals surface area contributed by atoms with Crippen molar-refractivity contribution in [3.8, 4) is 11.3 Å². The van der Waals surface area contributed by atoms with Crippen LogP contribution in [-0.2, 0) is 6.54 Å². The highest BCUT2D eigenvalue weighted by molar-refractivity contribution is 5.61. The van der Waals surface area contributed by atoms with Gasteiger partial charge in [0, 0.05) is 12.1 Å². The highest BCUT2D eigenvalue weighted by Gasteiger charge is 2.11. The van der Waals surface area contributed by atoms with E-state index in [2.05, 4.69) is 56.2 Å². The van der Waals surface area contributed by atoms with Crippen molar-refractivity contribution in [3.05, 3.63) is 41.4 Å². The maximum atomic E-state index is 5.55. The van der Waals surface area contributed by atoms with Gasteiger partial charge in [-0.15, -0.1) is 0 Å². The van der Waals surface area contributed by atoms with Gasteiger partial charge >= 0.3 is 0 Å². The van der Waals surface area contributed by atoms with Gasteiger partial charge in [-0.3, -0.25) is 0 Å². The normalized spacial score (nSPS) is 11.2. The number of aromatic nitrogens is 1. The standard InChI is InChI=1S/C16H22N2O/c1-11(2)8-17-9-15-16(19-10-18-15)14-6-5-12(3)13(4)7-14/h5-7,10-11,17H,8-9H2,1-4H3. The topological polar surface area (TPSA) is 38.1 Å². The molecule has 0 bridgehead atoms. The number of benzene rings is 1. The van der Waals surface area contributed by atoms with Crippen molar-refractivity contribution in [3.63, 3.8) is 0 Å². The van der Waals surface area contributed by atoms with Crippen LogP contribution in [0.3, 0.4) is 0 Å². The molecule has 0 aliphatic heterocycles. The maximum absolute atomic E-state index is 5.55. The van der Waals surface area contributed by atoms with Crippen LogP contribution in [0, 0.1) is 19.8 Å². The Morgan fingerprint density at radius 2 is 2.00 bits per heavy atom. The molecule has 0 atom stereocenters. The molecule has 2 rings (SSSR count).